The van der Waals surface area contributed by atoms with Gasteiger partial charge in [-0.3, -0.25) is 9.59 Å². The first kappa shape index (κ1) is 19.8. The first-order chi connectivity index (χ1) is 14.5. The largest absolute Gasteiger partial charge is 0.463 e. The molecule has 0 radical (unpaired) electrons. The number of nitrogens with one attached hydrogen (secondary N) is 1. The average Bonchev–Trinajstić information content (AvgIpc) is 3.40. The van der Waals surface area contributed by atoms with Crippen LogP contribution >= 0.6 is 11.3 Å². The minimum Gasteiger partial charge on any atom is -0.463 e. The summed E-state index contributed by atoms with van der Waals surface area (Å²) in [6, 6.07) is 11.3. The summed E-state index contributed by atoms with van der Waals surface area (Å²) < 4.78 is 21.1. The molecule has 154 valence electrons. The second-order valence-electron chi connectivity index (χ2n) is 6.55. The lowest BCUT2D eigenvalue weighted by Gasteiger charge is -2.15. The highest BCUT2D eigenvalue weighted by atomic mass is 32.1. The van der Waals surface area contributed by atoms with Gasteiger partial charge in [0.2, 0.25) is 5.91 Å². The van der Waals surface area contributed by atoms with Crippen LogP contribution in [0.2, 0.25) is 0 Å². The van der Waals surface area contributed by atoms with Gasteiger partial charge in [-0.15, -0.1) is 0 Å². The molecule has 0 bridgehead atoms. The van der Waals surface area contributed by atoms with Gasteiger partial charge in [-0.2, -0.15) is 5.10 Å². The molecule has 0 aliphatic heterocycles. The van der Waals surface area contributed by atoms with Gasteiger partial charge in [-0.1, -0.05) is 17.4 Å². The molecule has 0 fully saturated rings. The first-order valence-electron chi connectivity index (χ1n) is 9.16. The van der Waals surface area contributed by atoms with E-state index in [2.05, 4.69) is 15.4 Å². The number of rotatable bonds is 7. The summed E-state index contributed by atoms with van der Waals surface area (Å²) in [5.41, 5.74) is 0.563. The van der Waals surface area contributed by atoms with Crippen molar-refractivity contribution >= 4 is 32.6 Å². The van der Waals surface area contributed by atoms with Gasteiger partial charge >= 0.3 is 0 Å². The van der Waals surface area contributed by atoms with Crippen molar-refractivity contribution in [2.75, 3.05) is 25.0 Å². The minimum absolute atomic E-state index is 0.0518. The Bertz CT molecular complexity index is 1230. The number of nitrogens with zero attached hydrogens (tertiary/aromatic N) is 4. The third-order valence-corrected chi connectivity index (χ3v) is 5.49. The fraction of sp³-hybridized carbons (Fsp3) is 0.200. The lowest BCUT2D eigenvalue weighted by molar-refractivity contribution is -0.119. The van der Waals surface area contributed by atoms with Crippen molar-refractivity contribution in [3.05, 3.63) is 64.9 Å². The number of likely N-dealkylation sites (N-methyl/N-ethyl adjacent to an activating group) is 1. The van der Waals surface area contributed by atoms with E-state index in [9.17, 15) is 14.0 Å². The Kier molecular flexibility index (Phi) is 5.57. The van der Waals surface area contributed by atoms with E-state index in [0.29, 0.717) is 22.1 Å². The minimum atomic E-state index is -0.387. The topological polar surface area (TPSA) is 93.3 Å². The highest BCUT2D eigenvalue weighted by molar-refractivity contribution is 7.22. The second-order valence-corrected chi connectivity index (χ2v) is 7.56. The van der Waals surface area contributed by atoms with Crippen LogP contribution in [0.4, 0.5) is 9.52 Å². The summed E-state index contributed by atoms with van der Waals surface area (Å²) in [6.07, 6.45) is 1.53. The summed E-state index contributed by atoms with van der Waals surface area (Å²) >= 11 is 1.31. The summed E-state index contributed by atoms with van der Waals surface area (Å²) in [4.78, 5) is 30.2. The van der Waals surface area contributed by atoms with Crippen LogP contribution < -0.4 is 15.8 Å². The highest BCUT2D eigenvalue weighted by Crippen LogP contribution is 2.29. The summed E-state index contributed by atoms with van der Waals surface area (Å²) in [6.45, 7) is 0.501. The van der Waals surface area contributed by atoms with Crippen LogP contribution in [0.1, 0.15) is 0 Å². The molecule has 0 saturated carbocycles. The number of hydrogen-bond donors (Lipinski definition) is 1. The molecule has 0 saturated heterocycles. The van der Waals surface area contributed by atoms with Crippen LogP contribution in [0.15, 0.2) is 57.9 Å². The Balaban J connectivity index is 1.34. The zero-order valence-electron chi connectivity index (χ0n) is 16.0. The molecule has 3 heterocycles. The van der Waals surface area contributed by atoms with Crippen LogP contribution in [0, 0.1) is 5.82 Å². The zero-order chi connectivity index (χ0) is 21.1. The number of aromatic nitrogens is 3. The number of benzene rings is 1. The number of thiazole rings is 1. The maximum atomic E-state index is 13.8. The molecule has 0 aliphatic carbocycles. The van der Waals surface area contributed by atoms with Crippen molar-refractivity contribution in [1.29, 1.82) is 0 Å². The van der Waals surface area contributed by atoms with Gasteiger partial charge in [0.25, 0.3) is 5.56 Å². The Hall–Kier alpha value is -3.53. The Morgan fingerprint density at radius 3 is 2.90 bits per heavy atom. The van der Waals surface area contributed by atoms with Gasteiger partial charge in [0, 0.05) is 19.7 Å². The first-order valence-corrected chi connectivity index (χ1v) is 9.98. The van der Waals surface area contributed by atoms with Crippen LogP contribution in [-0.4, -0.2) is 40.8 Å². The fourth-order valence-electron chi connectivity index (χ4n) is 2.87. The lowest BCUT2D eigenvalue weighted by atomic mass is 10.3. The number of carbonyl (C=O) groups excluding carboxylic acids is 1. The van der Waals surface area contributed by atoms with Crippen LogP contribution in [0.5, 0.6) is 0 Å². The second kappa shape index (κ2) is 8.46. The van der Waals surface area contributed by atoms with Gasteiger partial charge in [-0.25, -0.2) is 14.1 Å². The van der Waals surface area contributed by atoms with Gasteiger partial charge in [-0.05, 0) is 30.3 Å². The van der Waals surface area contributed by atoms with E-state index in [1.54, 1.807) is 42.3 Å². The Labute approximate surface area is 174 Å². The van der Waals surface area contributed by atoms with Crippen molar-refractivity contribution in [2.24, 2.45) is 0 Å². The third-order valence-electron chi connectivity index (χ3n) is 4.35. The molecule has 4 rings (SSSR count). The standard InChI is InChI=1S/C20H18FN5O3S/c1-25(20-23-19-13(21)4-2-6-16(19)30-20)12-17(27)22-9-10-26-18(28)8-7-14(24-26)15-5-3-11-29-15/h2-8,11H,9-10,12H2,1H3,(H,22,27). The summed E-state index contributed by atoms with van der Waals surface area (Å²) in [7, 11) is 1.72. The van der Waals surface area contributed by atoms with E-state index in [1.807, 2.05) is 0 Å². The quantitative estimate of drug-likeness (QED) is 0.487. The predicted molar refractivity (Wildman–Crippen MR) is 112 cm³/mol. The van der Waals surface area contributed by atoms with Gasteiger partial charge in [0.05, 0.1) is 24.1 Å². The molecule has 3 aromatic heterocycles. The molecule has 8 nitrogen and oxygen atoms in total. The maximum absolute atomic E-state index is 13.8. The molecule has 4 aromatic rings. The normalized spacial score (nSPS) is 11.0. The fourth-order valence-corrected chi connectivity index (χ4v) is 3.81. The van der Waals surface area contributed by atoms with E-state index in [4.69, 9.17) is 4.42 Å². The number of fused-ring (bicyclic) bond motifs is 1. The molecule has 1 N–H and O–H groups in total. The Morgan fingerprint density at radius 1 is 1.27 bits per heavy atom. The number of amides is 1. The van der Waals surface area contributed by atoms with Gasteiger partial charge in [0.15, 0.2) is 10.9 Å². The lowest BCUT2D eigenvalue weighted by Crippen LogP contribution is -2.38. The van der Waals surface area contributed by atoms with E-state index in [1.165, 1.54) is 34.4 Å². The molecular weight excluding hydrogens is 409 g/mol. The average molecular weight is 427 g/mol. The van der Waals surface area contributed by atoms with E-state index in [0.717, 1.165) is 4.70 Å². The molecule has 0 unspecified atom stereocenters. The van der Waals surface area contributed by atoms with Crippen molar-refractivity contribution in [1.82, 2.24) is 20.1 Å². The summed E-state index contributed by atoms with van der Waals surface area (Å²) in [5.74, 6) is -0.0725. The predicted octanol–water partition coefficient (Wildman–Crippen LogP) is 2.50. The number of anilines is 1. The summed E-state index contributed by atoms with van der Waals surface area (Å²) in [5, 5.41) is 7.57. The van der Waals surface area contributed by atoms with Gasteiger partial charge < -0.3 is 14.6 Å². The van der Waals surface area contributed by atoms with Crippen LogP contribution in [-0.2, 0) is 11.3 Å². The number of carbonyl (C=O) groups is 1. The van der Waals surface area contributed by atoms with Crippen molar-refractivity contribution < 1.29 is 13.6 Å². The van der Waals surface area contributed by atoms with Crippen molar-refractivity contribution in [2.45, 2.75) is 6.54 Å². The van der Waals surface area contributed by atoms with Crippen molar-refractivity contribution in [3.8, 4) is 11.5 Å². The van der Waals surface area contributed by atoms with E-state index in [-0.39, 0.29) is 36.9 Å². The van der Waals surface area contributed by atoms with Crippen LogP contribution in [0.3, 0.4) is 0 Å². The smallest absolute Gasteiger partial charge is 0.266 e. The molecule has 0 atom stereocenters. The van der Waals surface area contributed by atoms with Crippen molar-refractivity contribution in [3.63, 3.8) is 0 Å². The Morgan fingerprint density at radius 2 is 2.13 bits per heavy atom. The molecule has 0 spiro atoms. The van der Waals surface area contributed by atoms with E-state index < -0.39 is 0 Å². The zero-order valence-corrected chi connectivity index (χ0v) is 16.9. The number of para-hydroxylation sites is 1. The number of furan rings is 1. The highest BCUT2D eigenvalue weighted by Gasteiger charge is 2.14. The SMILES string of the molecule is CN(CC(=O)NCCn1nc(-c2ccco2)ccc1=O)c1nc2c(F)cccc2s1. The molecule has 10 heteroatoms. The monoisotopic (exact) mass is 427 g/mol. The van der Waals surface area contributed by atoms with E-state index >= 15 is 0 Å². The molecule has 30 heavy (non-hydrogen) atoms. The number of halogens is 1. The molecule has 1 aromatic carbocycles. The molecule has 0 aliphatic rings. The maximum Gasteiger partial charge on any atom is 0.266 e. The molecular formula is C20H18FN5O3S. The third kappa shape index (κ3) is 4.23. The van der Waals surface area contributed by atoms with Gasteiger partial charge in [0.1, 0.15) is 17.0 Å². The molecule has 1 amide bonds. The van der Waals surface area contributed by atoms with Crippen LogP contribution in [0.25, 0.3) is 21.7 Å². The number of hydrogen-bond acceptors (Lipinski definition) is 7.